The van der Waals surface area contributed by atoms with Crippen LogP contribution in [0.2, 0.25) is 0 Å². The number of aliphatic hydroxyl groups excluding tert-OH is 1. The maximum absolute atomic E-state index is 9.15. The Morgan fingerprint density at radius 3 is 2.65 bits per heavy atom. The van der Waals surface area contributed by atoms with Crippen molar-refractivity contribution in [1.82, 2.24) is 4.90 Å². The lowest BCUT2D eigenvalue weighted by atomic mass is 9.69. The molecule has 2 unspecified atom stereocenters. The summed E-state index contributed by atoms with van der Waals surface area (Å²) in [6.45, 7) is 9.59. The SMILES string of the molecule is CC1CCCC(CN)(CN(CCO)C(C)C)C1. The van der Waals surface area contributed by atoms with Gasteiger partial charge in [0.25, 0.3) is 0 Å². The molecule has 3 heteroatoms. The van der Waals surface area contributed by atoms with Crippen LogP contribution in [0.5, 0.6) is 0 Å². The first kappa shape index (κ1) is 14.9. The minimum absolute atomic E-state index is 0.244. The molecule has 0 aliphatic heterocycles. The van der Waals surface area contributed by atoms with Gasteiger partial charge in [-0.05, 0) is 44.6 Å². The lowest BCUT2D eigenvalue weighted by Gasteiger charge is -2.43. The molecule has 0 heterocycles. The zero-order valence-electron chi connectivity index (χ0n) is 11.8. The van der Waals surface area contributed by atoms with Gasteiger partial charge in [0.15, 0.2) is 0 Å². The van der Waals surface area contributed by atoms with E-state index in [1.165, 1.54) is 25.7 Å². The molecule has 0 spiro atoms. The van der Waals surface area contributed by atoms with Crippen molar-refractivity contribution in [2.45, 2.75) is 52.5 Å². The van der Waals surface area contributed by atoms with Crippen LogP contribution in [-0.4, -0.2) is 42.3 Å². The highest BCUT2D eigenvalue weighted by atomic mass is 16.3. The first-order valence-corrected chi connectivity index (χ1v) is 7.08. The standard InChI is InChI=1S/C14H30N2O/c1-12(2)16(7-8-17)11-14(10-15)6-4-5-13(3)9-14/h12-13,17H,4-11,15H2,1-3H3. The van der Waals surface area contributed by atoms with Crippen LogP contribution in [0.4, 0.5) is 0 Å². The van der Waals surface area contributed by atoms with Gasteiger partial charge in [0.1, 0.15) is 0 Å². The van der Waals surface area contributed by atoms with Crippen LogP contribution in [0.15, 0.2) is 0 Å². The topological polar surface area (TPSA) is 49.5 Å². The molecule has 1 saturated carbocycles. The van der Waals surface area contributed by atoms with E-state index in [2.05, 4.69) is 25.7 Å². The molecule has 0 radical (unpaired) electrons. The Hall–Kier alpha value is -0.120. The van der Waals surface area contributed by atoms with E-state index in [1.807, 2.05) is 0 Å². The molecule has 3 nitrogen and oxygen atoms in total. The summed E-state index contributed by atoms with van der Waals surface area (Å²) < 4.78 is 0. The minimum Gasteiger partial charge on any atom is -0.395 e. The van der Waals surface area contributed by atoms with Crippen LogP contribution in [0, 0.1) is 11.3 Å². The summed E-state index contributed by atoms with van der Waals surface area (Å²) in [6.07, 6.45) is 5.16. The second kappa shape index (κ2) is 6.72. The van der Waals surface area contributed by atoms with Gasteiger partial charge in [-0.2, -0.15) is 0 Å². The van der Waals surface area contributed by atoms with Crippen LogP contribution in [0.1, 0.15) is 46.5 Å². The van der Waals surface area contributed by atoms with Crippen molar-refractivity contribution in [3.63, 3.8) is 0 Å². The van der Waals surface area contributed by atoms with Crippen molar-refractivity contribution in [1.29, 1.82) is 0 Å². The van der Waals surface area contributed by atoms with E-state index in [4.69, 9.17) is 10.8 Å². The molecular formula is C14H30N2O. The first-order valence-electron chi connectivity index (χ1n) is 7.08. The van der Waals surface area contributed by atoms with Gasteiger partial charge in [0.2, 0.25) is 0 Å². The first-order chi connectivity index (χ1) is 8.03. The average Bonchev–Trinajstić information content (AvgIpc) is 2.28. The van der Waals surface area contributed by atoms with E-state index in [1.54, 1.807) is 0 Å². The molecule has 102 valence electrons. The average molecular weight is 242 g/mol. The largest absolute Gasteiger partial charge is 0.395 e. The monoisotopic (exact) mass is 242 g/mol. The van der Waals surface area contributed by atoms with Gasteiger partial charge < -0.3 is 10.8 Å². The van der Waals surface area contributed by atoms with Gasteiger partial charge >= 0.3 is 0 Å². The third-order valence-electron chi connectivity index (χ3n) is 4.27. The highest BCUT2D eigenvalue weighted by Crippen LogP contribution is 2.39. The fourth-order valence-corrected chi connectivity index (χ4v) is 3.24. The molecule has 0 aromatic heterocycles. The second-order valence-corrected chi connectivity index (χ2v) is 6.19. The fraction of sp³-hybridized carbons (Fsp3) is 1.00. The number of nitrogens with zero attached hydrogens (tertiary/aromatic N) is 1. The fourth-order valence-electron chi connectivity index (χ4n) is 3.24. The summed E-state index contributed by atoms with van der Waals surface area (Å²) in [5.74, 6) is 0.801. The Morgan fingerprint density at radius 1 is 1.47 bits per heavy atom. The summed E-state index contributed by atoms with van der Waals surface area (Å²) >= 11 is 0. The third-order valence-corrected chi connectivity index (χ3v) is 4.27. The molecule has 1 aliphatic rings. The van der Waals surface area contributed by atoms with E-state index in [9.17, 15) is 0 Å². The van der Waals surface area contributed by atoms with Gasteiger partial charge in [0.05, 0.1) is 6.61 Å². The molecule has 0 aromatic rings. The number of aliphatic hydroxyl groups is 1. The highest BCUT2D eigenvalue weighted by Gasteiger charge is 2.35. The van der Waals surface area contributed by atoms with Crippen LogP contribution in [-0.2, 0) is 0 Å². The number of hydrogen-bond donors (Lipinski definition) is 2. The third kappa shape index (κ3) is 4.23. The number of nitrogens with two attached hydrogens (primary N) is 1. The van der Waals surface area contributed by atoms with E-state index in [-0.39, 0.29) is 12.0 Å². The van der Waals surface area contributed by atoms with Crippen molar-refractivity contribution in [3.8, 4) is 0 Å². The Morgan fingerprint density at radius 2 is 2.18 bits per heavy atom. The lowest BCUT2D eigenvalue weighted by molar-refractivity contribution is 0.0610. The van der Waals surface area contributed by atoms with Gasteiger partial charge in [-0.1, -0.05) is 19.8 Å². The van der Waals surface area contributed by atoms with Crippen molar-refractivity contribution >= 4 is 0 Å². The summed E-state index contributed by atoms with van der Waals surface area (Å²) in [6, 6.07) is 0.489. The molecule has 0 aromatic carbocycles. The quantitative estimate of drug-likeness (QED) is 0.747. The zero-order valence-corrected chi connectivity index (χ0v) is 11.8. The van der Waals surface area contributed by atoms with Crippen molar-refractivity contribution in [2.24, 2.45) is 17.1 Å². The van der Waals surface area contributed by atoms with E-state index in [0.29, 0.717) is 6.04 Å². The summed E-state index contributed by atoms with van der Waals surface area (Å²) in [5.41, 5.74) is 6.34. The van der Waals surface area contributed by atoms with Gasteiger partial charge in [-0.25, -0.2) is 0 Å². The molecule has 3 N–H and O–H groups in total. The van der Waals surface area contributed by atoms with Crippen molar-refractivity contribution in [2.75, 3.05) is 26.2 Å². The smallest absolute Gasteiger partial charge is 0.0558 e. The van der Waals surface area contributed by atoms with Gasteiger partial charge in [-0.3, -0.25) is 4.90 Å². The summed E-state index contributed by atoms with van der Waals surface area (Å²) in [4.78, 5) is 2.38. The zero-order chi connectivity index (χ0) is 12.9. The predicted molar refractivity (Wildman–Crippen MR) is 72.9 cm³/mol. The van der Waals surface area contributed by atoms with Crippen LogP contribution in [0.3, 0.4) is 0 Å². The Balaban J connectivity index is 2.65. The highest BCUT2D eigenvalue weighted by molar-refractivity contribution is 4.89. The molecular weight excluding hydrogens is 212 g/mol. The minimum atomic E-state index is 0.244. The van der Waals surface area contributed by atoms with E-state index < -0.39 is 0 Å². The normalized spacial score (nSPS) is 30.2. The molecule has 2 atom stereocenters. The molecule has 1 aliphatic carbocycles. The van der Waals surface area contributed by atoms with E-state index >= 15 is 0 Å². The molecule has 17 heavy (non-hydrogen) atoms. The van der Waals surface area contributed by atoms with E-state index in [0.717, 1.165) is 25.6 Å². The Kier molecular flexibility index (Phi) is 5.90. The van der Waals surface area contributed by atoms with Gasteiger partial charge in [0, 0.05) is 19.1 Å². The maximum Gasteiger partial charge on any atom is 0.0558 e. The Labute approximate surface area is 106 Å². The van der Waals surface area contributed by atoms with Crippen LogP contribution < -0.4 is 5.73 Å². The predicted octanol–water partition coefficient (Wildman–Crippen LogP) is 1.84. The van der Waals surface area contributed by atoms with Crippen LogP contribution in [0.25, 0.3) is 0 Å². The summed E-state index contributed by atoms with van der Waals surface area (Å²) in [7, 11) is 0. The molecule has 1 rings (SSSR count). The Bertz CT molecular complexity index is 220. The second-order valence-electron chi connectivity index (χ2n) is 6.19. The van der Waals surface area contributed by atoms with Crippen molar-refractivity contribution < 1.29 is 5.11 Å². The lowest BCUT2D eigenvalue weighted by Crippen LogP contribution is -2.48. The molecule has 0 saturated heterocycles. The summed E-state index contributed by atoms with van der Waals surface area (Å²) in [5, 5.41) is 9.15. The molecule has 1 fully saturated rings. The van der Waals surface area contributed by atoms with Crippen LogP contribution >= 0.6 is 0 Å². The van der Waals surface area contributed by atoms with Crippen molar-refractivity contribution in [3.05, 3.63) is 0 Å². The molecule has 0 bridgehead atoms. The maximum atomic E-state index is 9.15. The number of hydrogen-bond acceptors (Lipinski definition) is 3. The van der Waals surface area contributed by atoms with Gasteiger partial charge in [-0.15, -0.1) is 0 Å². The number of rotatable bonds is 6. The molecule has 0 amide bonds.